The van der Waals surface area contributed by atoms with Crippen molar-refractivity contribution in [2.24, 2.45) is 0 Å². The Balaban J connectivity index is 1.84. The van der Waals surface area contributed by atoms with Gasteiger partial charge in [-0.05, 0) is 6.07 Å². The first-order chi connectivity index (χ1) is 9.70. The quantitative estimate of drug-likeness (QED) is 0.840. The fourth-order valence-electron chi connectivity index (χ4n) is 2.38. The summed E-state index contributed by atoms with van der Waals surface area (Å²) in [5.41, 5.74) is 1.09. The van der Waals surface area contributed by atoms with Crippen LogP contribution in [0.25, 0.3) is 6.08 Å². The van der Waals surface area contributed by atoms with Gasteiger partial charge in [-0.1, -0.05) is 30.4 Å². The molecule has 1 aromatic carbocycles. The van der Waals surface area contributed by atoms with Crippen LogP contribution in [0.3, 0.4) is 0 Å². The van der Waals surface area contributed by atoms with Gasteiger partial charge in [0.2, 0.25) is 5.91 Å². The second-order valence-corrected chi connectivity index (χ2v) is 4.95. The number of rotatable bonds is 4. The molecule has 0 N–H and O–H groups in total. The predicted octanol–water partition coefficient (Wildman–Crippen LogP) is 1.87. The van der Waals surface area contributed by atoms with Crippen molar-refractivity contribution in [1.29, 1.82) is 0 Å². The zero-order chi connectivity index (χ0) is 14.4. The summed E-state index contributed by atoms with van der Waals surface area (Å²) in [5.74, 6) is 1.07. The maximum atomic E-state index is 11.3. The minimum atomic E-state index is 0.175. The normalized spacial score (nSPS) is 16.6. The van der Waals surface area contributed by atoms with Crippen LogP contribution in [0.2, 0.25) is 0 Å². The first-order valence-corrected chi connectivity index (χ1v) is 6.98. The molecule has 2 rings (SSSR count). The van der Waals surface area contributed by atoms with Gasteiger partial charge in [-0.25, -0.2) is 0 Å². The zero-order valence-corrected chi connectivity index (χ0v) is 12.2. The van der Waals surface area contributed by atoms with Gasteiger partial charge in [0.15, 0.2) is 0 Å². The topological polar surface area (TPSA) is 32.8 Å². The molecule has 4 nitrogen and oxygen atoms in total. The predicted molar refractivity (Wildman–Crippen MR) is 80.7 cm³/mol. The molecule has 0 radical (unpaired) electrons. The summed E-state index contributed by atoms with van der Waals surface area (Å²) < 4.78 is 5.32. The fraction of sp³-hybridized carbons (Fsp3) is 0.438. The number of methoxy groups -OCH3 is 1. The van der Waals surface area contributed by atoms with Crippen molar-refractivity contribution in [3.05, 3.63) is 35.9 Å². The van der Waals surface area contributed by atoms with Gasteiger partial charge in [-0.3, -0.25) is 9.69 Å². The van der Waals surface area contributed by atoms with E-state index in [2.05, 4.69) is 17.1 Å². The lowest BCUT2D eigenvalue weighted by atomic mass is 10.2. The Hall–Kier alpha value is -1.81. The monoisotopic (exact) mass is 274 g/mol. The summed E-state index contributed by atoms with van der Waals surface area (Å²) in [7, 11) is 1.69. The minimum Gasteiger partial charge on any atom is -0.496 e. The van der Waals surface area contributed by atoms with Gasteiger partial charge in [0.1, 0.15) is 5.75 Å². The van der Waals surface area contributed by atoms with Crippen LogP contribution in [0.15, 0.2) is 30.3 Å². The van der Waals surface area contributed by atoms with Crippen molar-refractivity contribution in [3.63, 3.8) is 0 Å². The van der Waals surface area contributed by atoms with E-state index in [0.29, 0.717) is 0 Å². The highest BCUT2D eigenvalue weighted by Gasteiger charge is 2.17. The van der Waals surface area contributed by atoms with Crippen molar-refractivity contribution >= 4 is 12.0 Å². The third-order valence-electron chi connectivity index (χ3n) is 3.62. The Kier molecular flexibility index (Phi) is 5.18. The molecular formula is C16H22N2O2. The highest BCUT2D eigenvalue weighted by atomic mass is 16.5. The van der Waals surface area contributed by atoms with Crippen LogP contribution in [-0.4, -0.2) is 55.5 Å². The number of para-hydroxylation sites is 1. The third kappa shape index (κ3) is 3.84. The molecular weight excluding hydrogens is 252 g/mol. The highest BCUT2D eigenvalue weighted by molar-refractivity contribution is 5.73. The molecule has 20 heavy (non-hydrogen) atoms. The minimum absolute atomic E-state index is 0.175. The maximum absolute atomic E-state index is 11.3. The first kappa shape index (κ1) is 14.6. The van der Waals surface area contributed by atoms with Crippen LogP contribution < -0.4 is 4.74 Å². The molecule has 0 unspecified atom stereocenters. The number of ether oxygens (including phenoxy) is 1. The largest absolute Gasteiger partial charge is 0.496 e. The molecule has 1 heterocycles. The van der Waals surface area contributed by atoms with Gasteiger partial charge >= 0.3 is 0 Å². The number of nitrogens with zero attached hydrogens (tertiary/aromatic N) is 2. The van der Waals surface area contributed by atoms with E-state index in [1.54, 1.807) is 14.0 Å². The molecule has 108 valence electrons. The molecule has 0 aromatic heterocycles. The van der Waals surface area contributed by atoms with Gasteiger partial charge < -0.3 is 9.64 Å². The highest BCUT2D eigenvalue weighted by Crippen LogP contribution is 2.18. The lowest BCUT2D eigenvalue weighted by molar-refractivity contribution is -0.130. The van der Waals surface area contributed by atoms with E-state index >= 15 is 0 Å². The molecule has 0 bridgehead atoms. The van der Waals surface area contributed by atoms with E-state index < -0.39 is 0 Å². The van der Waals surface area contributed by atoms with E-state index in [1.165, 1.54) is 0 Å². The number of carbonyl (C=O) groups excluding carboxylic acids is 1. The Labute approximate surface area is 120 Å². The van der Waals surface area contributed by atoms with Crippen molar-refractivity contribution in [3.8, 4) is 5.75 Å². The molecule has 0 spiro atoms. The van der Waals surface area contributed by atoms with Crippen molar-refractivity contribution in [2.75, 3.05) is 39.8 Å². The lowest BCUT2D eigenvalue weighted by Gasteiger charge is -2.33. The first-order valence-electron chi connectivity index (χ1n) is 6.98. The molecule has 0 aliphatic carbocycles. The Bertz CT molecular complexity index is 477. The number of piperazine rings is 1. The van der Waals surface area contributed by atoms with Gasteiger partial charge in [-0.2, -0.15) is 0 Å². The summed E-state index contributed by atoms with van der Waals surface area (Å²) in [6.07, 6.45) is 4.25. The van der Waals surface area contributed by atoms with Crippen LogP contribution in [0.1, 0.15) is 12.5 Å². The van der Waals surface area contributed by atoms with Gasteiger partial charge in [-0.15, -0.1) is 0 Å². The van der Waals surface area contributed by atoms with Gasteiger partial charge in [0, 0.05) is 45.2 Å². The van der Waals surface area contributed by atoms with Crippen LogP contribution in [0.5, 0.6) is 5.75 Å². The molecule has 4 heteroatoms. The van der Waals surface area contributed by atoms with Crippen LogP contribution in [0.4, 0.5) is 0 Å². The molecule has 1 saturated heterocycles. The summed E-state index contributed by atoms with van der Waals surface area (Å²) in [5, 5.41) is 0. The Morgan fingerprint density at radius 3 is 2.60 bits per heavy atom. The second kappa shape index (κ2) is 7.10. The van der Waals surface area contributed by atoms with E-state index in [0.717, 1.165) is 44.0 Å². The van der Waals surface area contributed by atoms with Crippen LogP contribution >= 0.6 is 0 Å². The number of hydrogen-bond donors (Lipinski definition) is 0. The summed E-state index contributed by atoms with van der Waals surface area (Å²) in [6.45, 7) is 6.09. The smallest absolute Gasteiger partial charge is 0.219 e. The summed E-state index contributed by atoms with van der Waals surface area (Å²) >= 11 is 0. The zero-order valence-electron chi connectivity index (χ0n) is 12.2. The Morgan fingerprint density at radius 1 is 1.25 bits per heavy atom. The number of amides is 1. The van der Waals surface area contributed by atoms with Crippen LogP contribution in [0, 0.1) is 0 Å². The standard InChI is InChI=1S/C16H22N2O2/c1-14(19)18-12-10-17(11-13-18)9-5-7-15-6-3-4-8-16(15)20-2/h3-8H,9-13H2,1-2H3/b7-5+. The molecule has 0 saturated carbocycles. The molecule has 1 aliphatic rings. The average molecular weight is 274 g/mol. The SMILES string of the molecule is COc1ccccc1/C=C/CN1CCN(C(C)=O)CC1. The number of carbonyl (C=O) groups is 1. The molecule has 1 fully saturated rings. The van der Waals surface area contributed by atoms with E-state index in [1.807, 2.05) is 29.2 Å². The summed E-state index contributed by atoms with van der Waals surface area (Å²) in [6, 6.07) is 7.99. The Morgan fingerprint density at radius 2 is 1.95 bits per heavy atom. The third-order valence-corrected chi connectivity index (χ3v) is 3.62. The second-order valence-electron chi connectivity index (χ2n) is 4.95. The lowest BCUT2D eigenvalue weighted by Crippen LogP contribution is -2.47. The van der Waals surface area contributed by atoms with Gasteiger partial charge in [0.05, 0.1) is 7.11 Å². The van der Waals surface area contributed by atoms with Crippen molar-refractivity contribution < 1.29 is 9.53 Å². The summed E-state index contributed by atoms with van der Waals surface area (Å²) in [4.78, 5) is 15.5. The molecule has 1 aliphatic heterocycles. The fourth-order valence-corrected chi connectivity index (χ4v) is 2.38. The molecule has 0 atom stereocenters. The van der Waals surface area contributed by atoms with Crippen molar-refractivity contribution in [1.82, 2.24) is 9.80 Å². The van der Waals surface area contributed by atoms with E-state index in [4.69, 9.17) is 4.74 Å². The maximum Gasteiger partial charge on any atom is 0.219 e. The van der Waals surface area contributed by atoms with Crippen LogP contribution in [-0.2, 0) is 4.79 Å². The molecule has 1 aromatic rings. The number of benzene rings is 1. The number of hydrogen-bond acceptors (Lipinski definition) is 3. The molecule has 1 amide bonds. The van der Waals surface area contributed by atoms with Gasteiger partial charge in [0.25, 0.3) is 0 Å². The van der Waals surface area contributed by atoms with E-state index in [9.17, 15) is 4.79 Å². The van der Waals surface area contributed by atoms with Crippen molar-refractivity contribution in [2.45, 2.75) is 6.92 Å². The van der Waals surface area contributed by atoms with E-state index in [-0.39, 0.29) is 5.91 Å². The average Bonchev–Trinajstić information content (AvgIpc) is 2.48.